The Morgan fingerprint density at radius 1 is 1.09 bits per heavy atom. The standard InChI is InChI=1S/C23H22ClF4N3O4/c1-31(2)22(34)35-19(18(24)10-14-6-4-3-5-7-14)12-20(32)29-13-30-21(33)16-9-8-15(25)11-17(16)23(26,27)28/h3-11,19H,12-13H2,1-2H3,(H,29,32)(H,30,33). The highest BCUT2D eigenvalue weighted by Gasteiger charge is 2.35. The van der Waals surface area contributed by atoms with Crippen molar-refractivity contribution in [2.45, 2.75) is 18.7 Å². The van der Waals surface area contributed by atoms with Crippen LogP contribution in [0.3, 0.4) is 0 Å². The zero-order valence-electron chi connectivity index (χ0n) is 18.7. The predicted octanol–water partition coefficient (Wildman–Crippen LogP) is 4.38. The van der Waals surface area contributed by atoms with Gasteiger partial charge in [0.05, 0.1) is 29.2 Å². The van der Waals surface area contributed by atoms with Crippen LogP contribution in [0.5, 0.6) is 0 Å². The topological polar surface area (TPSA) is 87.7 Å². The molecule has 0 aliphatic rings. The summed E-state index contributed by atoms with van der Waals surface area (Å²) in [6.07, 6.45) is -5.80. The summed E-state index contributed by atoms with van der Waals surface area (Å²) in [5, 5.41) is 4.44. The molecule has 1 atom stereocenters. The van der Waals surface area contributed by atoms with Crippen LogP contribution in [0, 0.1) is 5.82 Å². The molecule has 0 heterocycles. The smallest absolute Gasteiger partial charge is 0.417 e. The van der Waals surface area contributed by atoms with E-state index in [2.05, 4.69) is 10.6 Å². The summed E-state index contributed by atoms with van der Waals surface area (Å²) in [4.78, 5) is 37.7. The van der Waals surface area contributed by atoms with E-state index in [0.717, 1.165) is 4.90 Å². The lowest BCUT2D eigenvalue weighted by Crippen LogP contribution is -2.40. The summed E-state index contributed by atoms with van der Waals surface area (Å²) in [7, 11) is 2.88. The van der Waals surface area contributed by atoms with E-state index < -0.39 is 60.2 Å². The molecule has 2 aromatic rings. The fourth-order valence-electron chi connectivity index (χ4n) is 2.73. The minimum absolute atomic E-state index is 0.0479. The first kappa shape index (κ1) is 27.6. The van der Waals surface area contributed by atoms with Crippen LogP contribution in [0.1, 0.15) is 27.9 Å². The van der Waals surface area contributed by atoms with Gasteiger partial charge in [0.1, 0.15) is 11.9 Å². The maximum absolute atomic E-state index is 13.2. The van der Waals surface area contributed by atoms with E-state index in [1.54, 1.807) is 30.3 Å². The molecule has 0 radical (unpaired) electrons. The Morgan fingerprint density at radius 2 is 1.74 bits per heavy atom. The zero-order chi connectivity index (χ0) is 26.2. The molecule has 0 saturated heterocycles. The highest BCUT2D eigenvalue weighted by molar-refractivity contribution is 6.32. The molecular weight excluding hydrogens is 494 g/mol. The van der Waals surface area contributed by atoms with Gasteiger partial charge in [-0.15, -0.1) is 0 Å². The van der Waals surface area contributed by atoms with Gasteiger partial charge in [-0.3, -0.25) is 9.59 Å². The Balaban J connectivity index is 2.04. The van der Waals surface area contributed by atoms with Crippen LogP contribution in [0.15, 0.2) is 53.6 Å². The van der Waals surface area contributed by atoms with Gasteiger partial charge in [-0.25, -0.2) is 9.18 Å². The van der Waals surface area contributed by atoms with Crippen LogP contribution in [-0.2, 0) is 15.7 Å². The van der Waals surface area contributed by atoms with Gasteiger partial charge in [0.25, 0.3) is 5.91 Å². The molecule has 0 saturated carbocycles. The molecule has 0 aliphatic carbocycles. The molecule has 0 fully saturated rings. The molecule has 1 unspecified atom stereocenters. The summed E-state index contributed by atoms with van der Waals surface area (Å²) in [6, 6.07) is 10.4. The van der Waals surface area contributed by atoms with E-state index in [1.807, 2.05) is 0 Å². The third-order valence-corrected chi connectivity index (χ3v) is 4.81. The van der Waals surface area contributed by atoms with Crippen LogP contribution in [-0.4, -0.2) is 49.7 Å². The van der Waals surface area contributed by atoms with Gasteiger partial charge in [-0.05, 0) is 29.8 Å². The van der Waals surface area contributed by atoms with Crippen LogP contribution in [0.4, 0.5) is 22.4 Å². The van der Waals surface area contributed by atoms with Gasteiger partial charge in [-0.2, -0.15) is 13.2 Å². The number of hydrogen-bond donors (Lipinski definition) is 2. The average Bonchev–Trinajstić information content (AvgIpc) is 2.78. The van der Waals surface area contributed by atoms with Crippen molar-refractivity contribution in [3.05, 3.63) is 76.1 Å². The first-order valence-electron chi connectivity index (χ1n) is 10.1. The summed E-state index contributed by atoms with van der Waals surface area (Å²) in [5.74, 6) is -3.03. The third-order valence-electron chi connectivity index (χ3n) is 4.46. The summed E-state index contributed by atoms with van der Waals surface area (Å²) in [6.45, 7) is -0.541. The van der Waals surface area contributed by atoms with E-state index in [0.29, 0.717) is 17.7 Å². The second-order valence-electron chi connectivity index (χ2n) is 7.38. The molecular formula is C23H22ClF4N3O4. The predicted molar refractivity (Wildman–Crippen MR) is 121 cm³/mol. The number of ether oxygens (including phenoxy) is 1. The Bertz CT molecular complexity index is 1090. The Hall–Kier alpha value is -3.60. The quantitative estimate of drug-likeness (QED) is 0.403. The number of amides is 3. The van der Waals surface area contributed by atoms with Crippen molar-refractivity contribution in [3.8, 4) is 0 Å². The van der Waals surface area contributed by atoms with E-state index in [4.69, 9.17) is 16.3 Å². The molecule has 35 heavy (non-hydrogen) atoms. The van der Waals surface area contributed by atoms with Crippen LogP contribution in [0.25, 0.3) is 6.08 Å². The number of nitrogens with one attached hydrogen (secondary N) is 2. The zero-order valence-corrected chi connectivity index (χ0v) is 19.4. The van der Waals surface area contributed by atoms with Crippen LogP contribution in [0.2, 0.25) is 0 Å². The van der Waals surface area contributed by atoms with Crippen molar-refractivity contribution in [1.82, 2.24) is 15.5 Å². The van der Waals surface area contributed by atoms with Gasteiger partial charge in [0.15, 0.2) is 0 Å². The first-order chi connectivity index (χ1) is 16.4. The van der Waals surface area contributed by atoms with Crippen LogP contribution >= 0.6 is 11.6 Å². The van der Waals surface area contributed by atoms with Crippen molar-refractivity contribution in [2.75, 3.05) is 20.8 Å². The fourth-order valence-corrected chi connectivity index (χ4v) is 2.98. The van der Waals surface area contributed by atoms with Crippen molar-refractivity contribution in [3.63, 3.8) is 0 Å². The van der Waals surface area contributed by atoms with Crippen molar-refractivity contribution in [2.24, 2.45) is 0 Å². The molecule has 0 aliphatic heterocycles. The molecule has 2 rings (SSSR count). The van der Waals surface area contributed by atoms with Gasteiger partial charge in [-0.1, -0.05) is 41.9 Å². The maximum atomic E-state index is 13.2. The number of carbonyl (C=O) groups excluding carboxylic acids is 3. The number of rotatable bonds is 8. The lowest BCUT2D eigenvalue weighted by Gasteiger charge is -2.20. The molecule has 0 spiro atoms. The molecule has 12 heteroatoms. The maximum Gasteiger partial charge on any atom is 0.417 e. The van der Waals surface area contributed by atoms with E-state index in [-0.39, 0.29) is 11.1 Å². The van der Waals surface area contributed by atoms with Crippen molar-refractivity contribution in [1.29, 1.82) is 0 Å². The fraction of sp³-hybridized carbons (Fsp3) is 0.261. The van der Waals surface area contributed by atoms with E-state index in [1.165, 1.54) is 20.2 Å². The summed E-state index contributed by atoms with van der Waals surface area (Å²) >= 11 is 6.29. The molecule has 2 aromatic carbocycles. The Labute approximate surface area is 203 Å². The molecule has 3 amide bonds. The van der Waals surface area contributed by atoms with Gasteiger partial charge in [0.2, 0.25) is 5.91 Å². The molecule has 0 aromatic heterocycles. The first-order valence-corrected chi connectivity index (χ1v) is 10.5. The molecule has 0 bridgehead atoms. The second kappa shape index (κ2) is 12.2. The van der Waals surface area contributed by atoms with E-state index >= 15 is 0 Å². The minimum Gasteiger partial charge on any atom is -0.440 e. The van der Waals surface area contributed by atoms with Crippen LogP contribution < -0.4 is 10.6 Å². The molecule has 2 N–H and O–H groups in total. The summed E-state index contributed by atoms with van der Waals surface area (Å²) in [5.41, 5.74) is -1.56. The third kappa shape index (κ3) is 8.60. The molecule has 188 valence electrons. The number of benzene rings is 2. The van der Waals surface area contributed by atoms with Crippen molar-refractivity contribution >= 4 is 35.6 Å². The Morgan fingerprint density at radius 3 is 2.34 bits per heavy atom. The van der Waals surface area contributed by atoms with Gasteiger partial charge in [0, 0.05) is 14.1 Å². The lowest BCUT2D eigenvalue weighted by atomic mass is 10.1. The second-order valence-corrected chi connectivity index (χ2v) is 7.82. The lowest BCUT2D eigenvalue weighted by molar-refractivity contribution is -0.138. The minimum atomic E-state index is -4.95. The number of carbonyl (C=O) groups is 3. The van der Waals surface area contributed by atoms with Crippen molar-refractivity contribution < 1.29 is 36.7 Å². The highest BCUT2D eigenvalue weighted by Crippen LogP contribution is 2.32. The van der Waals surface area contributed by atoms with E-state index in [9.17, 15) is 31.9 Å². The average molecular weight is 516 g/mol. The number of nitrogens with zero attached hydrogens (tertiary/aromatic N) is 1. The van der Waals surface area contributed by atoms with Gasteiger partial charge < -0.3 is 20.3 Å². The molecule has 7 nitrogen and oxygen atoms in total. The number of alkyl halides is 3. The number of halogens is 5. The monoisotopic (exact) mass is 515 g/mol. The number of hydrogen-bond acceptors (Lipinski definition) is 4. The van der Waals surface area contributed by atoms with Gasteiger partial charge >= 0.3 is 12.3 Å². The highest BCUT2D eigenvalue weighted by atomic mass is 35.5. The Kier molecular flexibility index (Phi) is 9.64. The SMILES string of the molecule is CN(C)C(=O)OC(CC(=O)NCNC(=O)c1ccc(F)cc1C(F)(F)F)C(Cl)=Cc1ccccc1. The largest absolute Gasteiger partial charge is 0.440 e. The summed E-state index contributed by atoms with van der Waals surface area (Å²) < 4.78 is 57.8. The normalized spacial score (nSPS) is 12.5.